The molecule has 0 saturated carbocycles. The van der Waals surface area contributed by atoms with Gasteiger partial charge in [0.15, 0.2) is 0 Å². The minimum Gasteiger partial charge on any atom is -0.312 e. The van der Waals surface area contributed by atoms with Crippen molar-refractivity contribution in [1.29, 1.82) is 0 Å². The lowest BCUT2D eigenvalue weighted by molar-refractivity contribution is 0.112. The first-order chi connectivity index (χ1) is 9.54. The zero-order valence-electron chi connectivity index (χ0n) is 12.8. The van der Waals surface area contributed by atoms with Gasteiger partial charge in [0.05, 0.1) is 0 Å². The van der Waals surface area contributed by atoms with E-state index < -0.39 is 0 Å². The van der Waals surface area contributed by atoms with Crippen LogP contribution in [0.3, 0.4) is 0 Å². The van der Waals surface area contributed by atoms with Crippen LogP contribution in [0.1, 0.15) is 12.5 Å². The van der Waals surface area contributed by atoms with Crippen molar-refractivity contribution in [2.45, 2.75) is 25.4 Å². The smallest absolute Gasteiger partial charge is 0.0345 e. The molecule has 2 unspecified atom stereocenters. The van der Waals surface area contributed by atoms with E-state index in [1.54, 1.807) is 0 Å². The largest absolute Gasteiger partial charge is 0.312 e. The molecule has 0 spiro atoms. The number of halogens is 1. The van der Waals surface area contributed by atoms with Gasteiger partial charge in [-0.25, -0.2) is 0 Å². The van der Waals surface area contributed by atoms with Gasteiger partial charge in [0.25, 0.3) is 0 Å². The maximum Gasteiger partial charge on any atom is 0.0345 e. The Hall–Kier alpha value is -0.420. The lowest BCUT2D eigenvalue weighted by Crippen LogP contribution is -2.54. The third-order valence-electron chi connectivity index (χ3n) is 4.14. The van der Waals surface area contributed by atoms with Crippen molar-refractivity contribution in [1.82, 2.24) is 15.1 Å². The van der Waals surface area contributed by atoms with Gasteiger partial charge in [-0.3, -0.25) is 4.90 Å². The standard InChI is InChI=1S/C16H26BrN3/c1-13(10-14-4-6-15(17)7-5-14)18-11-16-12-19(2)8-9-20(16)3/h4-7,13,16,18H,8-12H2,1-3H3. The SMILES string of the molecule is CC(Cc1ccc(Br)cc1)NCC1CN(C)CCN1C. The summed E-state index contributed by atoms with van der Waals surface area (Å²) in [5.41, 5.74) is 1.39. The van der Waals surface area contributed by atoms with Crippen LogP contribution in [0, 0.1) is 0 Å². The normalized spacial score (nSPS) is 22.9. The summed E-state index contributed by atoms with van der Waals surface area (Å²) in [6, 6.07) is 9.77. The zero-order valence-corrected chi connectivity index (χ0v) is 14.4. The monoisotopic (exact) mass is 339 g/mol. The van der Waals surface area contributed by atoms with E-state index >= 15 is 0 Å². The Balaban J connectivity index is 1.76. The van der Waals surface area contributed by atoms with Crippen molar-refractivity contribution in [3.63, 3.8) is 0 Å². The number of benzene rings is 1. The maximum absolute atomic E-state index is 3.69. The molecule has 1 aromatic carbocycles. The first-order valence-electron chi connectivity index (χ1n) is 7.41. The summed E-state index contributed by atoms with van der Waals surface area (Å²) in [6.45, 7) is 6.85. The van der Waals surface area contributed by atoms with Gasteiger partial charge in [0.2, 0.25) is 0 Å². The number of rotatable bonds is 5. The van der Waals surface area contributed by atoms with Crippen LogP contribution >= 0.6 is 15.9 Å². The van der Waals surface area contributed by atoms with Crippen molar-refractivity contribution in [2.75, 3.05) is 40.3 Å². The van der Waals surface area contributed by atoms with E-state index in [0.29, 0.717) is 12.1 Å². The number of likely N-dealkylation sites (N-methyl/N-ethyl adjacent to an activating group) is 2. The quantitative estimate of drug-likeness (QED) is 0.887. The number of nitrogens with zero attached hydrogens (tertiary/aromatic N) is 2. The van der Waals surface area contributed by atoms with Gasteiger partial charge in [0, 0.05) is 42.7 Å². The minimum absolute atomic E-state index is 0.511. The molecule has 2 atom stereocenters. The number of piperazine rings is 1. The van der Waals surface area contributed by atoms with E-state index in [1.807, 2.05) is 0 Å². The Morgan fingerprint density at radius 2 is 1.95 bits per heavy atom. The van der Waals surface area contributed by atoms with Crippen molar-refractivity contribution in [3.05, 3.63) is 34.3 Å². The molecule has 1 aromatic rings. The topological polar surface area (TPSA) is 18.5 Å². The third kappa shape index (κ3) is 4.85. The fourth-order valence-electron chi connectivity index (χ4n) is 2.71. The Bertz CT molecular complexity index is 407. The molecule has 112 valence electrons. The van der Waals surface area contributed by atoms with Gasteiger partial charge in [-0.1, -0.05) is 28.1 Å². The van der Waals surface area contributed by atoms with Crippen molar-refractivity contribution in [3.8, 4) is 0 Å². The second kappa shape index (κ2) is 7.55. The lowest BCUT2D eigenvalue weighted by atomic mass is 10.1. The molecule has 0 aliphatic carbocycles. The average Bonchev–Trinajstić information content (AvgIpc) is 2.42. The van der Waals surface area contributed by atoms with Gasteiger partial charge in [-0.05, 0) is 45.1 Å². The first kappa shape index (κ1) is 16.0. The summed E-state index contributed by atoms with van der Waals surface area (Å²) in [6.07, 6.45) is 1.08. The molecule has 0 bridgehead atoms. The molecule has 2 rings (SSSR count). The van der Waals surface area contributed by atoms with Crippen LogP contribution in [-0.4, -0.2) is 62.2 Å². The van der Waals surface area contributed by atoms with E-state index in [2.05, 4.69) is 76.3 Å². The summed E-state index contributed by atoms with van der Waals surface area (Å²) >= 11 is 3.48. The number of nitrogens with one attached hydrogen (secondary N) is 1. The highest BCUT2D eigenvalue weighted by molar-refractivity contribution is 9.10. The van der Waals surface area contributed by atoms with Crippen LogP contribution in [0.25, 0.3) is 0 Å². The maximum atomic E-state index is 3.69. The molecule has 20 heavy (non-hydrogen) atoms. The second-order valence-electron chi connectivity index (χ2n) is 6.04. The molecule has 0 radical (unpaired) electrons. The molecular weight excluding hydrogens is 314 g/mol. The summed E-state index contributed by atoms with van der Waals surface area (Å²) < 4.78 is 1.15. The van der Waals surface area contributed by atoms with Gasteiger partial charge in [-0.2, -0.15) is 0 Å². The van der Waals surface area contributed by atoms with E-state index in [0.717, 1.165) is 24.0 Å². The predicted octanol–water partition coefficient (Wildman–Crippen LogP) is 2.22. The van der Waals surface area contributed by atoms with Crippen LogP contribution in [0.15, 0.2) is 28.7 Å². The first-order valence-corrected chi connectivity index (χ1v) is 8.20. The van der Waals surface area contributed by atoms with E-state index in [-0.39, 0.29) is 0 Å². The lowest BCUT2D eigenvalue weighted by Gasteiger charge is -2.38. The highest BCUT2D eigenvalue weighted by atomic mass is 79.9. The number of hydrogen-bond acceptors (Lipinski definition) is 3. The van der Waals surface area contributed by atoms with Crippen LogP contribution in [-0.2, 0) is 6.42 Å². The third-order valence-corrected chi connectivity index (χ3v) is 4.67. The molecule has 1 saturated heterocycles. The molecular formula is C16H26BrN3. The molecule has 4 heteroatoms. The predicted molar refractivity (Wildman–Crippen MR) is 89.2 cm³/mol. The van der Waals surface area contributed by atoms with Gasteiger partial charge in [0.1, 0.15) is 0 Å². The second-order valence-corrected chi connectivity index (χ2v) is 6.95. The van der Waals surface area contributed by atoms with Crippen LogP contribution in [0.4, 0.5) is 0 Å². The summed E-state index contributed by atoms with van der Waals surface area (Å²) in [5, 5.41) is 3.69. The Morgan fingerprint density at radius 3 is 2.65 bits per heavy atom. The van der Waals surface area contributed by atoms with Gasteiger partial charge >= 0.3 is 0 Å². The molecule has 1 aliphatic rings. The fraction of sp³-hybridized carbons (Fsp3) is 0.625. The zero-order chi connectivity index (χ0) is 14.5. The molecule has 1 heterocycles. The van der Waals surface area contributed by atoms with Crippen LogP contribution in [0.2, 0.25) is 0 Å². The Morgan fingerprint density at radius 1 is 1.25 bits per heavy atom. The molecule has 3 nitrogen and oxygen atoms in total. The Kier molecular flexibility index (Phi) is 6.02. The number of hydrogen-bond donors (Lipinski definition) is 1. The summed E-state index contributed by atoms with van der Waals surface area (Å²) in [4.78, 5) is 4.89. The highest BCUT2D eigenvalue weighted by Gasteiger charge is 2.22. The molecule has 1 aliphatic heterocycles. The van der Waals surface area contributed by atoms with Crippen molar-refractivity contribution >= 4 is 15.9 Å². The van der Waals surface area contributed by atoms with Crippen LogP contribution < -0.4 is 5.32 Å². The van der Waals surface area contributed by atoms with E-state index in [9.17, 15) is 0 Å². The minimum atomic E-state index is 0.511. The van der Waals surface area contributed by atoms with Gasteiger partial charge in [-0.15, -0.1) is 0 Å². The molecule has 0 amide bonds. The summed E-state index contributed by atoms with van der Waals surface area (Å²) in [5.74, 6) is 0. The Labute approximate surface area is 131 Å². The van der Waals surface area contributed by atoms with Crippen molar-refractivity contribution < 1.29 is 0 Å². The molecule has 1 N–H and O–H groups in total. The molecule has 0 aromatic heterocycles. The summed E-state index contributed by atoms with van der Waals surface area (Å²) in [7, 11) is 4.45. The average molecular weight is 340 g/mol. The highest BCUT2D eigenvalue weighted by Crippen LogP contribution is 2.12. The van der Waals surface area contributed by atoms with Gasteiger partial charge < -0.3 is 10.2 Å². The fourth-order valence-corrected chi connectivity index (χ4v) is 2.97. The van der Waals surface area contributed by atoms with Crippen LogP contribution in [0.5, 0.6) is 0 Å². The van der Waals surface area contributed by atoms with E-state index in [4.69, 9.17) is 0 Å². The van der Waals surface area contributed by atoms with Crippen molar-refractivity contribution in [2.24, 2.45) is 0 Å². The van der Waals surface area contributed by atoms with E-state index in [1.165, 1.54) is 18.7 Å². The molecule has 1 fully saturated rings.